The minimum absolute atomic E-state index is 0. The van der Waals surface area contributed by atoms with Crippen molar-refractivity contribution < 1.29 is 9.59 Å². The van der Waals surface area contributed by atoms with Gasteiger partial charge in [0, 0.05) is 37.4 Å². The molecule has 0 radical (unpaired) electrons. The molecule has 2 aliphatic rings. The molecule has 2 heterocycles. The number of hydrogen-bond donors (Lipinski definition) is 0. The van der Waals surface area contributed by atoms with Crippen molar-refractivity contribution in [2.24, 2.45) is 0 Å². The molecule has 166 valence electrons. The summed E-state index contributed by atoms with van der Waals surface area (Å²) in [5, 5.41) is 0. The van der Waals surface area contributed by atoms with Gasteiger partial charge in [0.05, 0.1) is 12.5 Å². The monoisotopic (exact) mass is 441 g/mol. The van der Waals surface area contributed by atoms with E-state index in [9.17, 15) is 9.59 Å². The van der Waals surface area contributed by atoms with Gasteiger partial charge >= 0.3 is 0 Å². The number of aryl methyl sites for hydroxylation is 2. The molecule has 0 bridgehead atoms. The maximum absolute atomic E-state index is 13.3. The van der Waals surface area contributed by atoms with E-state index in [-0.39, 0.29) is 30.3 Å². The first kappa shape index (κ1) is 23.3. The quantitative estimate of drug-likeness (QED) is 0.691. The number of para-hydroxylation sites is 1. The Morgan fingerprint density at radius 1 is 1.00 bits per heavy atom. The van der Waals surface area contributed by atoms with Crippen LogP contribution >= 0.6 is 12.4 Å². The van der Waals surface area contributed by atoms with Crippen molar-refractivity contribution in [2.45, 2.75) is 39.7 Å². The third kappa shape index (κ3) is 4.63. The van der Waals surface area contributed by atoms with Crippen molar-refractivity contribution in [3.8, 4) is 0 Å². The number of carbonyl (C=O) groups excluding carboxylic acids is 2. The molecule has 0 spiro atoms. The van der Waals surface area contributed by atoms with Crippen LogP contribution in [-0.2, 0) is 4.79 Å². The van der Waals surface area contributed by atoms with Gasteiger partial charge in [0.2, 0.25) is 5.91 Å². The lowest BCUT2D eigenvalue weighted by atomic mass is 9.96. The second kappa shape index (κ2) is 9.84. The van der Waals surface area contributed by atoms with Gasteiger partial charge in [-0.25, -0.2) is 0 Å². The van der Waals surface area contributed by atoms with Gasteiger partial charge in [0.25, 0.3) is 5.91 Å². The molecule has 0 saturated carbocycles. The SMILES string of the molecule is CCCN1CCN(C(=O)CC2c3cc(C)c(C)cc3C(=O)N2c2ccccc2)CC1.Cl. The maximum atomic E-state index is 13.3. The van der Waals surface area contributed by atoms with Crippen LogP contribution in [0.15, 0.2) is 42.5 Å². The van der Waals surface area contributed by atoms with Crippen LogP contribution in [0.2, 0.25) is 0 Å². The third-order valence-corrected chi connectivity index (χ3v) is 6.45. The molecule has 1 atom stereocenters. The number of fused-ring (bicyclic) bond motifs is 1. The fourth-order valence-electron chi connectivity index (χ4n) is 4.63. The summed E-state index contributed by atoms with van der Waals surface area (Å²) in [6.07, 6.45) is 1.46. The first-order valence-electron chi connectivity index (χ1n) is 11.0. The summed E-state index contributed by atoms with van der Waals surface area (Å²) in [6, 6.07) is 13.5. The van der Waals surface area contributed by atoms with Crippen LogP contribution in [-0.4, -0.2) is 54.3 Å². The Bertz CT molecular complexity index is 939. The zero-order valence-electron chi connectivity index (χ0n) is 18.6. The molecule has 0 aliphatic carbocycles. The van der Waals surface area contributed by atoms with Crippen molar-refractivity contribution in [1.82, 2.24) is 9.80 Å². The largest absolute Gasteiger partial charge is 0.340 e. The van der Waals surface area contributed by atoms with Gasteiger partial charge in [-0.05, 0) is 61.7 Å². The lowest BCUT2D eigenvalue weighted by molar-refractivity contribution is -0.133. The van der Waals surface area contributed by atoms with Crippen molar-refractivity contribution >= 4 is 29.9 Å². The van der Waals surface area contributed by atoms with E-state index < -0.39 is 0 Å². The highest BCUT2D eigenvalue weighted by Crippen LogP contribution is 2.40. The number of carbonyl (C=O) groups is 2. The fourth-order valence-corrected chi connectivity index (χ4v) is 4.63. The number of hydrogen-bond acceptors (Lipinski definition) is 3. The molecule has 31 heavy (non-hydrogen) atoms. The normalized spacial score (nSPS) is 18.7. The molecule has 6 heteroatoms. The molecule has 0 aromatic heterocycles. The van der Waals surface area contributed by atoms with Gasteiger partial charge < -0.3 is 9.80 Å². The van der Waals surface area contributed by atoms with Crippen molar-refractivity contribution in [3.05, 3.63) is 64.7 Å². The van der Waals surface area contributed by atoms with Gasteiger partial charge in [-0.15, -0.1) is 12.4 Å². The van der Waals surface area contributed by atoms with Crippen LogP contribution in [0.1, 0.15) is 52.9 Å². The molecule has 5 nitrogen and oxygen atoms in total. The van der Waals surface area contributed by atoms with E-state index in [1.165, 1.54) is 0 Å². The highest BCUT2D eigenvalue weighted by molar-refractivity contribution is 6.11. The third-order valence-electron chi connectivity index (χ3n) is 6.45. The average molecular weight is 442 g/mol. The molecule has 4 rings (SSSR count). The van der Waals surface area contributed by atoms with Gasteiger partial charge in [-0.2, -0.15) is 0 Å². The fraction of sp³-hybridized carbons (Fsp3) is 0.440. The first-order chi connectivity index (χ1) is 14.5. The van der Waals surface area contributed by atoms with Crippen LogP contribution in [0.25, 0.3) is 0 Å². The molecule has 1 unspecified atom stereocenters. The lowest BCUT2D eigenvalue weighted by Crippen LogP contribution is -2.49. The minimum Gasteiger partial charge on any atom is -0.340 e. The molecule has 1 fully saturated rings. The number of benzene rings is 2. The second-order valence-electron chi connectivity index (χ2n) is 8.48. The second-order valence-corrected chi connectivity index (χ2v) is 8.48. The van der Waals surface area contributed by atoms with E-state index >= 15 is 0 Å². The summed E-state index contributed by atoms with van der Waals surface area (Å²) in [5.74, 6) is 0.126. The Hall–Kier alpha value is -2.37. The zero-order chi connectivity index (χ0) is 21.3. The molecule has 2 aliphatic heterocycles. The minimum atomic E-state index is -0.254. The number of anilines is 1. The molecule has 0 N–H and O–H groups in total. The summed E-state index contributed by atoms with van der Waals surface area (Å²) >= 11 is 0. The molecular formula is C25H32ClN3O2. The Kier molecular flexibility index (Phi) is 7.39. The standard InChI is InChI=1S/C25H31N3O2.ClH/c1-4-10-26-11-13-27(14-12-26)24(29)17-23-21-15-18(2)19(3)16-22(21)25(30)28(23)20-8-6-5-7-9-20;/h5-9,15-16,23H,4,10-14,17H2,1-3H3;1H. The van der Waals surface area contributed by atoms with Crippen LogP contribution in [0.4, 0.5) is 5.69 Å². The predicted octanol–water partition coefficient (Wildman–Crippen LogP) is 4.37. The number of amides is 2. The zero-order valence-corrected chi connectivity index (χ0v) is 19.5. The van der Waals surface area contributed by atoms with Crippen LogP contribution in [0.3, 0.4) is 0 Å². The summed E-state index contributed by atoms with van der Waals surface area (Å²) in [5.41, 5.74) is 4.81. The van der Waals surface area contributed by atoms with Gasteiger partial charge in [0.15, 0.2) is 0 Å². The number of nitrogens with zero attached hydrogens (tertiary/aromatic N) is 3. The average Bonchev–Trinajstić information content (AvgIpc) is 3.00. The molecule has 2 amide bonds. The Labute approximate surface area is 191 Å². The van der Waals surface area contributed by atoms with Crippen LogP contribution < -0.4 is 4.90 Å². The predicted molar refractivity (Wildman–Crippen MR) is 127 cm³/mol. The summed E-state index contributed by atoms with van der Waals surface area (Å²) in [7, 11) is 0. The van der Waals surface area contributed by atoms with E-state index in [4.69, 9.17) is 0 Å². The summed E-state index contributed by atoms with van der Waals surface area (Å²) < 4.78 is 0. The summed E-state index contributed by atoms with van der Waals surface area (Å²) in [6.45, 7) is 10.8. The van der Waals surface area contributed by atoms with E-state index in [0.717, 1.165) is 67.1 Å². The number of piperazine rings is 1. The van der Waals surface area contributed by atoms with E-state index in [2.05, 4.69) is 24.8 Å². The van der Waals surface area contributed by atoms with E-state index in [1.54, 1.807) is 0 Å². The smallest absolute Gasteiger partial charge is 0.259 e. The topological polar surface area (TPSA) is 43.9 Å². The Morgan fingerprint density at radius 2 is 1.65 bits per heavy atom. The number of halogens is 1. The molecule has 2 aromatic rings. The van der Waals surface area contributed by atoms with Crippen molar-refractivity contribution in [3.63, 3.8) is 0 Å². The highest BCUT2D eigenvalue weighted by atomic mass is 35.5. The number of rotatable bonds is 5. The molecular weight excluding hydrogens is 410 g/mol. The van der Waals surface area contributed by atoms with Gasteiger partial charge in [-0.1, -0.05) is 31.2 Å². The molecule has 2 aromatic carbocycles. The maximum Gasteiger partial charge on any atom is 0.259 e. The first-order valence-corrected chi connectivity index (χ1v) is 11.0. The van der Waals surface area contributed by atoms with Crippen LogP contribution in [0.5, 0.6) is 0 Å². The van der Waals surface area contributed by atoms with Crippen molar-refractivity contribution in [1.29, 1.82) is 0 Å². The van der Waals surface area contributed by atoms with Gasteiger partial charge in [-0.3, -0.25) is 14.5 Å². The summed E-state index contributed by atoms with van der Waals surface area (Å²) in [4.78, 5) is 32.8. The van der Waals surface area contributed by atoms with E-state index in [0.29, 0.717) is 6.42 Å². The van der Waals surface area contributed by atoms with Crippen molar-refractivity contribution in [2.75, 3.05) is 37.6 Å². The molecule has 1 saturated heterocycles. The Balaban J connectivity index is 0.00000272. The van der Waals surface area contributed by atoms with Gasteiger partial charge in [0.1, 0.15) is 0 Å². The lowest BCUT2D eigenvalue weighted by Gasteiger charge is -2.35. The highest BCUT2D eigenvalue weighted by Gasteiger charge is 2.40. The van der Waals surface area contributed by atoms with Crippen LogP contribution in [0, 0.1) is 13.8 Å². The Morgan fingerprint density at radius 3 is 2.29 bits per heavy atom. The van der Waals surface area contributed by atoms with E-state index in [1.807, 2.05) is 53.1 Å².